The summed E-state index contributed by atoms with van der Waals surface area (Å²) in [5, 5.41) is 0. The third kappa shape index (κ3) is 2.10. The fourth-order valence-corrected chi connectivity index (χ4v) is 1.71. The average molecular weight is 175 g/mol. The largest absolute Gasteiger partial charge is 0.373 e. The minimum atomic E-state index is 0.232. The maximum atomic E-state index is 5.26. The fourth-order valence-electron chi connectivity index (χ4n) is 1.71. The molecule has 0 amide bonds. The highest BCUT2D eigenvalue weighted by Gasteiger charge is 2.32. The van der Waals surface area contributed by atoms with E-state index < -0.39 is 0 Å². The van der Waals surface area contributed by atoms with Crippen LogP contribution >= 0.6 is 0 Å². The van der Waals surface area contributed by atoms with Gasteiger partial charge in [-0.3, -0.25) is 0 Å². The van der Waals surface area contributed by atoms with Gasteiger partial charge in [-0.05, 0) is 23.5 Å². The van der Waals surface area contributed by atoms with Crippen LogP contribution in [0.5, 0.6) is 0 Å². The van der Waals surface area contributed by atoms with Crippen LogP contribution in [0.25, 0.3) is 0 Å². The van der Waals surface area contributed by atoms with Crippen LogP contribution < -0.4 is 0 Å². The van der Waals surface area contributed by atoms with Crippen LogP contribution in [-0.4, -0.2) is 12.7 Å². The minimum absolute atomic E-state index is 0.232. The number of rotatable bonds is 3. The van der Waals surface area contributed by atoms with E-state index in [9.17, 15) is 0 Å². The molecule has 69 valence electrons. The smallest absolute Gasteiger partial charge is 0.0818 e. The zero-order valence-corrected chi connectivity index (χ0v) is 8.21. The normalized spacial score (nSPS) is 21.5. The quantitative estimate of drug-likeness (QED) is 0.643. The van der Waals surface area contributed by atoms with Gasteiger partial charge >= 0.3 is 0 Å². The van der Waals surface area contributed by atoms with Gasteiger partial charge in [0.2, 0.25) is 0 Å². The summed E-state index contributed by atoms with van der Waals surface area (Å²) in [6, 6.07) is 11.3. The molecule has 1 fully saturated rings. The Labute approximate surface area is 79.7 Å². The van der Waals surface area contributed by atoms with E-state index in [1.54, 1.807) is 0 Å². The van der Waals surface area contributed by atoms with Gasteiger partial charge < -0.3 is 4.74 Å². The summed E-state index contributed by atoms with van der Waals surface area (Å²) >= 11 is 0. The number of hydrogen-bond donors (Lipinski definition) is 0. The van der Waals surface area contributed by atoms with Crippen molar-refractivity contribution in [3.05, 3.63) is 35.9 Å². The summed E-state index contributed by atoms with van der Waals surface area (Å²) < 4.78 is 5.26. The van der Waals surface area contributed by atoms with Gasteiger partial charge in [-0.25, -0.2) is 0 Å². The highest BCUT2D eigenvalue weighted by Crippen LogP contribution is 2.32. The third-order valence-electron chi connectivity index (χ3n) is 2.64. The molecular weight excluding hydrogens is 160 g/mol. The molecule has 1 aromatic carbocycles. The summed E-state index contributed by atoms with van der Waals surface area (Å²) in [6.45, 7) is 5.48. The van der Waals surface area contributed by atoms with E-state index in [0.29, 0.717) is 6.10 Å². The van der Waals surface area contributed by atoms with Gasteiger partial charge in [0.05, 0.1) is 12.7 Å². The molecule has 1 heterocycles. The Kier molecular flexibility index (Phi) is 2.12. The van der Waals surface area contributed by atoms with Crippen LogP contribution in [0.3, 0.4) is 0 Å². The molecule has 0 aliphatic carbocycles. The van der Waals surface area contributed by atoms with E-state index in [1.807, 2.05) is 12.1 Å². The van der Waals surface area contributed by atoms with Crippen LogP contribution in [0.4, 0.5) is 0 Å². The number of ether oxygens (including phenoxy) is 1. The first-order chi connectivity index (χ1) is 6.18. The van der Waals surface area contributed by atoms with Crippen LogP contribution in [0.1, 0.15) is 25.8 Å². The molecule has 0 aromatic heterocycles. The molecule has 1 radical (unpaired) electrons. The van der Waals surface area contributed by atoms with Crippen molar-refractivity contribution in [1.82, 2.24) is 0 Å². The van der Waals surface area contributed by atoms with E-state index in [4.69, 9.17) is 4.74 Å². The molecule has 2 rings (SSSR count). The summed E-state index contributed by atoms with van der Waals surface area (Å²) in [4.78, 5) is 0. The van der Waals surface area contributed by atoms with Crippen LogP contribution in [0.15, 0.2) is 24.3 Å². The molecule has 0 saturated carbocycles. The Bertz CT molecular complexity index is 272. The molecular formula is C12H15O. The summed E-state index contributed by atoms with van der Waals surface area (Å²) in [6.07, 6.45) is 1.62. The number of hydrogen-bond acceptors (Lipinski definition) is 1. The Balaban J connectivity index is 2.12. The highest BCUT2D eigenvalue weighted by atomic mass is 16.6. The first kappa shape index (κ1) is 8.76. The second-order valence-corrected chi connectivity index (χ2v) is 4.33. The summed E-state index contributed by atoms with van der Waals surface area (Å²) in [5.41, 5.74) is 1.61. The van der Waals surface area contributed by atoms with Crippen LogP contribution in [-0.2, 0) is 10.2 Å². The lowest BCUT2D eigenvalue weighted by Gasteiger charge is -2.24. The standard InChI is InChI=1S/C12H15O/c1-12(2,8-11-9-13-11)10-6-4-3-5-7-10/h4-7,11H,8-9H2,1-2H3. The van der Waals surface area contributed by atoms with Crippen molar-refractivity contribution in [2.75, 3.05) is 6.61 Å². The lowest BCUT2D eigenvalue weighted by Crippen LogP contribution is -2.19. The Morgan fingerprint density at radius 1 is 1.46 bits per heavy atom. The van der Waals surface area contributed by atoms with Gasteiger partial charge in [0.25, 0.3) is 0 Å². The van der Waals surface area contributed by atoms with E-state index in [0.717, 1.165) is 13.0 Å². The molecule has 1 aromatic rings. The van der Waals surface area contributed by atoms with Gasteiger partial charge in [-0.15, -0.1) is 0 Å². The fraction of sp³-hybridized carbons (Fsp3) is 0.500. The molecule has 1 nitrogen and oxygen atoms in total. The predicted octanol–water partition coefficient (Wildman–Crippen LogP) is 2.55. The van der Waals surface area contributed by atoms with Crippen LogP contribution in [0.2, 0.25) is 0 Å². The maximum absolute atomic E-state index is 5.26. The van der Waals surface area contributed by atoms with Crippen molar-refractivity contribution < 1.29 is 4.74 Å². The lowest BCUT2D eigenvalue weighted by atomic mass is 9.81. The molecule has 0 N–H and O–H groups in total. The van der Waals surface area contributed by atoms with Crippen molar-refractivity contribution >= 4 is 0 Å². The van der Waals surface area contributed by atoms with Gasteiger partial charge in [0, 0.05) is 0 Å². The first-order valence-corrected chi connectivity index (χ1v) is 4.77. The van der Waals surface area contributed by atoms with E-state index >= 15 is 0 Å². The van der Waals surface area contributed by atoms with E-state index in [1.165, 1.54) is 5.56 Å². The zero-order valence-electron chi connectivity index (χ0n) is 8.21. The molecule has 1 unspecified atom stereocenters. The maximum Gasteiger partial charge on any atom is 0.0818 e. The van der Waals surface area contributed by atoms with Gasteiger partial charge in [-0.2, -0.15) is 0 Å². The monoisotopic (exact) mass is 175 g/mol. The van der Waals surface area contributed by atoms with Gasteiger partial charge in [-0.1, -0.05) is 38.1 Å². The Morgan fingerprint density at radius 3 is 2.62 bits per heavy atom. The number of epoxide rings is 1. The van der Waals surface area contributed by atoms with Crippen molar-refractivity contribution in [3.63, 3.8) is 0 Å². The van der Waals surface area contributed by atoms with E-state index in [-0.39, 0.29) is 5.41 Å². The molecule has 0 spiro atoms. The highest BCUT2D eigenvalue weighted by molar-refractivity contribution is 5.23. The van der Waals surface area contributed by atoms with Crippen molar-refractivity contribution in [1.29, 1.82) is 0 Å². The zero-order chi connectivity index (χ0) is 9.31. The lowest BCUT2D eigenvalue weighted by molar-refractivity contribution is 0.345. The third-order valence-corrected chi connectivity index (χ3v) is 2.64. The Morgan fingerprint density at radius 2 is 2.08 bits per heavy atom. The molecule has 1 atom stereocenters. The van der Waals surface area contributed by atoms with Crippen LogP contribution in [0, 0.1) is 6.07 Å². The minimum Gasteiger partial charge on any atom is -0.373 e. The molecule has 1 saturated heterocycles. The van der Waals surface area contributed by atoms with Crippen molar-refractivity contribution in [3.8, 4) is 0 Å². The predicted molar refractivity (Wildman–Crippen MR) is 52.7 cm³/mol. The molecule has 1 heteroatoms. The SMILES string of the molecule is CC(C)(CC1CO1)c1cc[c]cc1. The first-order valence-electron chi connectivity index (χ1n) is 4.77. The average Bonchev–Trinajstić information content (AvgIpc) is 2.89. The summed E-state index contributed by atoms with van der Waals surface area (Å²) in [5.74, 6) is 0. The van der Waals surface area contributed by atoms with Crippen molar-refractivity contribution in [2.45, 2.75) is 31.8 Å². The summed E-state index contributed by atoms with van der Waals surface area (Å²) in [7, 11) is 0. The molecule has 1 aliphatic rings. The van der Waals surface area contributed by atoms with E-state index in [2.05, 4.69) is 32.0 Å². The molecule has 0 bridgehead atoms. The van der Waals surface area contributed by atoms with Gasteiger partial charge in [0.1, 0.15) is 0 Å². The van der Waals surface area contributed by atoms with Gasteiger partial charge in [0.15, 0.2) is 0 Å². The second kappa shape index (κ2) is 3.15. The number of benzene rings is 1. The van der Waals surface area contributed by atoms with Crippen molar-refractivity contribution in [2.24, 2.45) is 0 Å². The molecule has 13 heavy (non-hydrogen) atoms. The topological polar surface area (TPSA) is 12.5 Å². The second-order valence-electron chi connectivity index (χ2n) is 4.33. The molecule has 1 aliphatic heterocycles. The Hall–Kier alpha value is -0.820.